The first-order chi connectivity index (χ1) is 12.1. The van der Waals surface area contributed by atoms with Gasteiger partial charge in [0.25, 0.3) is 0 Å². The van der Waals surface area contributed by atoms with Crippen molar-refractivity contribution in [1.29, 1.82) is 0 Å². The van der Waals surface area contributed by atoms with E-state index in [0.29, 0.717) is 11.1 Å². The summed E-state index contributed by atoms with van der Waals surface area (Å²) in [6, 6.07) is 17.3. The van der Waals surface area contributed by atoms with Gasteiger partial charge in [-0.2, -0.15) is 0 Å². The molecule has 0 saturated carbocycles. The largest absolute Gasteiger partial charge is 0.506 e. The summed E-state index contributed by atoms with van der Waals surface area (Å²) in [6.45, 7) is 1.74. The maximum atomic E-state index is 12.7. The Balaban J connectivity index is 2.36. The fourth-order valence-corrected chi connectivity index (χ4v) is 2.14. The fraction of sp³-hybridized carbons (Fsp3) is 0.150. The number of hydrogen-bond donors (Lipinski definition) is 1. The summed E-state index contributed by atoms with van der Waals surface area (Å²) >= 11 is 0. The number of ketones is 1. The maximum absolute atomic E-state index is 12.7. The highest BCUT2D eigenvalue weighted by Gasteiger charge is 2.16. The molecule has 0 saturated heterocycles. The number of aliphatic hydroxyl groups excluding tert-OH is 1. The molecule has 2 rings (SSSR count). The molecule has 0 heterocycles. The molecule has 0 spiro atoms. The third kappa shape index (κ3) is 5.14. The summed E-state index contributed by atoms with van der Waals surface area (Å²) in [7, 11) is 0. The molecule has 0 bridgehead atoms. The van der Waals surface area contributed by atoms with E-state index < -0.39 is 5.97 Å². The predicted molar refractivity (Wildman–Crippen MR) is 96.8 cm³/mol. The molecule has 5 nitrogen and oxygen atoms in total. The third-order valence-electron chi connectivity index (χ3n) is 3.33. The van der Waals surface area contributed by atoms with Crippen LogP contribution in [0.5, 0.6) is 0 Å². The number of allylic oxidation sites excluding steroid dienone is 1. The van der Waals surface area contributed by atoms with Crippen LogP contribution in [0.3, 0.4) is 0 Å². The van der Waals surface area contributed by atoms with Crippen LogP contribution in [0.2, 0.25) is 0 Å². The Kier molecular flexibility index (Phi) is 6.65. The normalized spacial score (nSPS) is 11.9. The number of carbonyl (C=O) groups is 2. The summed E-state index contributed by atoms with van der Waals surface area (Å²) in [5.41, 5.74) is 0.925. The van der Waals surface area contributed by atoms with Gasteiger partial charge in [0, 0.05) is 17.3 Å². The average Bonchev–Trinajstić information content (AvgIpc) is 2.66. The Hall–Kier alpha value is -3.21. The lowest BCUT2D eigenvalue weighted by Crippen LogP contribution is -2.11. The fourth-order valence-electron chi connectivity index (χ4n) is 2.14. The summed E-state index contributed by atoms with van der Waals surface area (Å²) in [5, 5.41) is 10.5. The first-order valence-corrected chi connectivity index (χ1v) is 7.87. The van der Waals surface area contributed by atoms with Crippen molar-refractivity contribution in [3.63, 3.8) is 0 Å². The Morgan fingerprint density at radius 1 is 1.00 bits per heavy atom. The zero-order valence-corrected chi connectivity index (χ0v) is 13.9. The first-order valence-electron chi connectivity index (χ1n) is 7.87. The highest BCUT2D eigenvalue weighted by Crippen LogP contribution is 2.18. The number of esters is 1. The number of Topliss-reactive ketones (excluding diaryl/α,β-unsaturated/α-hetero) is 1. The van der Waals surface area contributed by atoms with Gasteiger partial charge in [0.05, 0.1) is 12.2 Å². The number of nitrogens with zero attached hydrogens (tertiary/aromatic N) is 1. The molecular weight excluding hydrogens is 318 g/mol. The molecule has 1 N–H and O–H groups in total. The number of aliphatic hydroxyl groups is 1. The molecule has 25 heavy (non-hydrogen) atoms. The van der Waals surface area contributed by atoms with Crippen LogP contribution in [0.1, 0.15) is 22.8 Å². The molecular formula is C20H19NO4. The molecule has 0 aliphatic carbocycles. The van der Waals surface area contributed by atoms with E-state index in [-0.39, 0.29) is 30.3 Å². The van der Waals surface area contributed by atoms with E-state index in [2.05, 4.69) is 4.99 Å². The average molecular weight is 337 g/mol. The van der Waals surface area contributed by atoms with E-state index in [9.17, 15) is 14.7 Å². The Labute approximate surface area is 146 Å². The molecule has 2 aromatic carbocycles. The number of aliphatic imine (C=N–C) groups is 1. The molecule has 2 aromatic rings. The van der Waals surface area contributed by atoms with E-state index in [0.717, 1.165) is 0 Å². The van der Waals surface area contributed by atoms with Crippen LogP contribution < -0.4 is 0 Å². The van der Waals surface area contributed by atoms with Crippen LogP contribution in [0.25, 0.3) is 5.76 Å². The van der Waals surface area contributed by atoms with E-state index in [1.54, 1.807) is 61.5 Å². The van der Waals surface area contributed by atoms with Crippen LogP contribution in [-0.4, -0.2) is 36.2 Å². The molecule has 0 unspecified atom stereocenters. The van der Waals surface area contributed by atoms with Gasteiger partial charge in [0.15, 0.2) is 5.78 Å². The van der Waals surface area contributed by atoms with Crippen molar-refractivity contribution in [3.8, 4) is 0 Å². The molecule has 0 fully saturated rings. The molecule has 0 aliphatic heterocycles. The SMILES string of the molecule is CCOC(=O)CN=CC(C(=O)c1ccccc1)=C(O)c1ccccc1. The summed E-state index contributed by atoms with van der Waals surface area (Å²) in [6.07, 6.45) is 1.22. The number of ether oxygens (including phenoxy) is 1. The summed E-state index contributed by atoms with van der Waals surface area (Å²) in [4.78, 5) is 28.1. The summed E-state index contributed by atoms with van der Waals surface area (Å²) in [5.74, 6) is -1.07. The Morgan fingerprint density at radius 2 is 1.56 bits per heavy atom. The molecule has 0 amide bonds. The van der Waals surface area contributed by atoms with Gasteiger partial charge in [-0.25, -0.2) is 0 Å². The van der Waals surface area contributed by atoms with Crippen LogP contribution in [-0.2, 0) is 9.53 Å². The standard InChI is InChI=1S/C20H19NO4/c1-2-25-18(22)14-21-13-17(19(23)15-9-5-3-6-10-15)20(24)16-11-7-4-8-12-16/h3-13,23H,2,14H2,1H3. The number of benzene rings is 2. The van der Waals surface area contributed by atoms with Gasteiger partial charge < -0.3 is 9.84 Å². The monoisotopic (exact) mass is 337 g/mol. The first kappa shape index (κ1) is 18.1. The van der Waals surface area contributed by atoms with Crippen molar-refractivity contribution >= 4 is 23.7 Å². The van der Waals surface area contributed by atoms with Gasteiger partial charge in [-0.05, 0) is 6.92 Å². The molecule has 0 aliphatic rings. The molecule has 128 valence electrons. The lowest BCUT2D eigenvalue weighted by Gasteiger charge is -2.07. The minimum absolute atomic E-state index is 0.0155. The van der Waals surface area contributed by atoms with E-state index in [1.165, 1.54) is 6.21 Å². The van der Waals surface area contributed by atoms with Crippen molar-refractivity contribution in [3.05, 3.63) is 77.4 Å². The van der Waals surface area contributed by atoms with Crippen LogP contribution in [0.4, 0.5) is 0 Å². The second kappa shape index (κ2) is 9.17. The Morgan fingerprint density at radius 3 is 2.12 bits per heavy atom. The lowest BCUT2D eigenvalue weighted by atomic mass is 10.0. The van der Waals surface area contributed by atoms with Crippen molar-refractivity contribution in [2.24, 2.45) is 4.99 Å². The van der Waals surface area contributed by atoms with Crippen LogP contribution in [0, 0.1) is 0 Å². The number of hydrogen-bond acceptors (Lipinski definition) is 5. The van der Waals surface area contributed by atoms with Crippen molar-refractivity contribution in [2.45, 2.75) is 6.92 Å². The third-order valence-corrected chi connectivity index (χ3v) is 3.33. The van der Waals surface area contributed by atoms with Crippen LogP contribution >= 0.6 is 0 Å². The molecule has 5 heteroatoms. The minimum Gasteiger partial charge on any atom is -0.506 e. The van der Waals surface area contributed by atoms with E-state index >= 15 is 0 Å². The maximum Gasteiger partial charge on any atom is 0.327 e. The van der Waals surface area contributed by atoms with Crippen LogP contribution in [0.15, 0.2) is 71.2 Å². The topological polar surface area (TPSA) is 76.0 Å². The molecule has 0 aromatic heterocycles. The van der Waals surface area contributed by atoms with Gasteiger partial charge >= 0.3 is 5.97 Å². The van der Waals surface area contributed by atoms with Crippen molar-refractivity contribution < 1.29 is 19.4 Å². The summed E-state index contributed by atoms with van der Waals surface area (Å²) < 4.78 is 4.80. The number of rotatable bonds is 7. The van der Waals surface area contributed by atoms with Crippen molar-refractivity contribution in [2.75, 3.05) is 13.2 Å². The zero-order chi connectivity index (χ0) is 18.1. The predicted octanol–water partition coefficient (Wildman–Crippen LogP) is 3.47. The number of carbonyl (C=O) groups excluding carboxylic acids is 2. The van der Waals surface area contributed by atoms with Gasteiger partial charge in [-0.3, -0.25) is 14.6 Å². The van der Waals surface area contributed by atoms with Crippen molar-refractivity contribution in [1.82, 2.24) is 0 Å². The van der Waals surface area contributed by atoms with Gasteiger partial charge in [-0.15, -0.1) is 0 Å². The minimum atomic E-state index is -0.496. The lowest BCUT2D eigenvalue weighted by molar-refractivity contribution is -0.141. The second-order valence-corrected chi connectivity index (χ2v) is 5.10. The quantitative estimate of drug-likeness (QED) is 0.276. The molecule has 0 atom stereocenters. The van der Waals surface area contributed by atoms with Gasteiger partial charge in [-0.1, -0.05) is 60.7 Å². The van der Waals surface area contributed by atoms with Gasteiger partial charge in [0.1, 0.15) is 12.3 Å². The zero-order valence-electron chi connectivity index (χ0n) is 13.9. The van der Waals surface area contributed by atoms with E-state index in [1.807, 2.05) is 6.07 Å². The second-order valence-electron chi connectivity index (χ2n) is 5.10. The smallest absolute Gasteiger partial charge is 0.327 e. The highest BCUT2D eigenvalue weighted by molar-refractivity contribution is 6.25. The highest BCUT2D eigenvalue weighted by atomic mass is 16.5. The van der Waals surface area contributed by atoms with E-state index in [4.69, 9.17) is 4.74 Å². The molecule has 0 radical (unpaired) electrons. The van der Waals surface area contributed by atoms with Gasteiger partial charge in [0.2, 0.25) is 0 Å². The Bertz CT molecular complexity index is 780.